The number of carbonyl (C=O) groups excluding carboxylic acids is 3. The third-order valence-corrected chi connectivity index (χ3v) is 8.49. The first-order valence-corrected chi connectivity index (χ1v) is 13.6. The van der Waals surface area contributed by atoms with Crippen molar-refractivity contribution in [2.45, 2.75) is 52.7 Å². The van der Waals surface area contributed by atoms with Gasteiger partial charge in [-0.15, -0.1) is 0 Å². The number of rotatable bonds is 4. The molecule has 1 aliphatic carbocycles. The van der Waals surface area contributed by atoms with Gasteiger partial charge in [0.1, 0.15) is 17.4 Å². The maximum absolute atomic E-state index is 15.6. The van der Waals surface area contributed by atoms with Crippen LogP contribution < -0.4 is 16.0 Å². The van der Waals surface area contributed by atoms with Crippen molar-refractivity contribution < 1.29 is 18.8 Å². The number of benzene rings is 2. The summed E-state index contributed by atoms with van der Waals surface area (Å²) in [6.45, 7) is 7.44. The molecular weight excluding hydrogens is 600 g/mol. The molecule has 2 heterocycles. The van der Waals surface area contributed by atoms with Gasteiger partial charge in [0.15, 0.2) is 0 Å². The van der Waals surface area contributed by atoms with Crippen LogP contribution in [-0.4, -0.2) is 46.9 Å². The Morgan fingerprint density at radius 1 is 1.05 bits per heavy atom. The van der Waals surface area contributed by atoms with Crippen molar-refractivity contribution in [2.75, 3.05) is 23.0 Å². The average molecular weight is 631 g/mol. The molecule has 3 aliphatic rings. The fourth-order valence-corrected chi connectivity index (χ4v) is 6.29. The van der Waals surface area contributed by atoms with Gasteiger partial charge in [0.05, 0.1) is 5.69 Å². The van der Waals surface area contributed by atoms with E-state index >= 15 is 4.39 Å². The Balaban J connectivity index is 1.83. The van der Waals surface area contributed by atoms with E-state index in [4.69, 9.17) is 5.73 Å². The van der Waals surface area contributed by atoms with Crippen LogP contribution in [0.1, 0.15) is 40.5 Å². The number of nitrogens with zero attached hydrogens (tertiary/aromatic N) is 3. The first-order valence-electron chi connectivity index (χ1n) is 12.5. The number of amides is 4. The number of hydrogen-bond donors (Lipinski definition) is 2. The summed E-state index contributed by atoms with van der Waals surface area (Å²) in [5.74, 6) is -1.34. The molecule has 0 aromatic heterocycles. The van der Waals surface area contributed by atoms with Gasteiger partial charge >= 0.3 is 6.03 Å². The van der Waals surface area contributed by atoms with Crippen molar-refractivity contribution in [1.29, 1.82) is 0 Å². The summed E-state index contributed by atoms with van der Waals surface area (Å²) in [4.78, 5) is 46.6. The number of hydrogen-bond acceptors (Lipinski definition) is 5. The molecule has 0 radical (unpaired) electrons. The van der Waals surface area contributed by atoms with Crippen LogP contribution in [0.3, 0.4) is 0 Å². The van der Waals surface area contributed by atoms with Crippen molar-refractivity contribution >= 4 is 57.5 Å². The van der Waals surface area contributed by atoms with Crippen molar-refractivity contribution in [1.82, 2.24) is 9.80 Å². The Hall–Kier alpha value is -3.15. The lowest BCUT2D eigenvalue weighted by molar-refractivity contribution is -0.157. The lowest BCUT2D eigenvalue weighted by Crippen LogP contribution is -2.78. The van der Waals surface area contributed by atoms with Crippen LogP contribution in [0.15, 0.2) is 53.7 Å². The quantitative estimate of drug-likeness (QED) is 0.359. The van der Waals surface area contributed by atoms with Crippen LogP contribution in [0.5, 0.6) is 0 Å². The molecule has 10 heteroatoms. The predicted molar refractivity (Wildman–Crippen MR) is 152 cm³/mol. The number of urea groups is 1. The van der Waals surface area contributed by atoms with Gasteiger partial charge in [0, 0.05) is 39.3 Å². The van der Waals surface area contributed by atoms with Gasteiger partial charge in [-0.3, -0.25) is 19.4 Å². The summed E-state index contributed by atoms with van der Waals surface area (Å²) in [5, 5.41) is 3.37. The predicted octanol–water partition coefficient (Wildman–Crippen LogP) is 5.16. The van der Waals surface area contributed by atoms with Gasteiger partial charge in [0.2, 0.25) is 5.91 Å². The maximum Gasteiger partial charge on any atom is 0.333 e. The van der Waals surface area contributed by atoms with Crippen molar-refractivity contribution in [3.63, 3.8) is 0 Å². The first kappa shape index (κ1) is 26.5. The number of fused-ring (bicyclic) bond motifs is 1. The Kier molecular flexibility index (Phi) is 6.24. The second kappa shape index (κ2) is 8.96. The van der Waals surface area contributed by atoms with Crippen molar-refractivity contribution in [2.24, 2.45) is 10.8 Å². The van der Waals surface area contributed by atoms with Gasteiger partial charge in [-0.05, 0) is 90.2 Å². The fourth-order valence-electron chi connectivity index (χ4n) is 5.83. The molecule has 2 atom stereocenters. The van der Waals surface area contributed by atoms with Gasteiger partial charge in [-0.25, -0.2) is 9.18 Å². The number of likely N-dealkylation sites (N-methyl/N-ethyl adjacent to an activating group) is 1. The molecule has 0 spiro atoms. The van der Waals surface area contributed by atoms with Gasteiger partial charge in [0.25, 0.3) is 5.91 Å². The smallest absolute Gasteiger partial charge is 0.333 e. The molecule has 2 fully saturated rings. The zero-order valence-corrected chi connectivity index (χ0v) is 24.2. The second-order valence-corrected chi connectivity index (χ2v) is 12.5. The largest absolute Gasteiger partial charge is 0.399 e. The normalized spacial score (nSPS) is 24.2. The van der Waals surface area contributed by atoms with Crippen molar-refractivity contribution in [3.8, 4) is 0 Å². The summed E-state index contributed by atoms with van der Waals surface area (Å²) < 4.78 is 16.2. The number of imide groups is 1. The van der Waals surface area contributed by atoms with E-state index in [0.717, 1.165) is 0 Å². The van der Waals surface area contributed by atoms with Crippen LogP contribution in [0, 0.1) is 20.2 Å². The molecule has 38 heavy (non-hydrogen) atoms. The van der Waals surface area contributed by atoms with Crippen LogP contribution in [-0.2, 0) is 9.59 Å². The number of nitrogen functional groups attached to an aromatic ring is 1. The fraction of sp³-hybridized carbons (Fsp3) is 0.393. The summed E-state index contributed by atoms with van der Waals surface area (Å²) in [7, 11) is 1.57. The molecule has 0 bridgehead atoms. The number of anilines is 3. The van der Waals surface area contributed by atoms with E-state index < -0.39 is 28.8 Å². The van der Waals surface area contributed by atoms with Crippen LogP contribution in [0.4, 0.5) is 26.2 Å². The minimum Gasteiger partial charge on any atom is -0.399 e. The van der Waals surface area contributed by atoms with E-state index in [9.17, 15) is 14.4 Å². The highest BCUT2D eigenvalue weighted by Crippen LogP contribution is 2.58. The van der Waals surface area contributed by atoms with Crippen molar-refractivity contribution in [3.05, 3.63) is 63.1 Å². The van der Waals surface area contributed by atoms with E-state index in [-0.39, 0.29) is 23.5 Å². The minimum absolute atomic E-state index is 0.0261. The Morgan fingerprint density at radius 2 is 1.68 bits per heavy atom. The number of nitrogens with one attached hydrogen (secondary N) is 1. The van der Waals surface area contributed by atoms with E-state index in [1.807, 2.05) is 43.4 Å². The molecule has 5 rings (SSSR count). The highest BCUT2D eigenvalue weighted by atomic mass is 127. The molecule has 200 valence electrons. The lowest BCUT2D eigenvalue weighted by Gasteiger charge is -2.61. The Morgan fingerprint density at radius 3 is 2.24 bits per heavy atom. The second-order valence-electron chi connectivity index (χ2n) is 11.2. The van der Waals surface area contributed by atoms with Gasteiger partial charge in [-0.2, -0.15) is 0 Å². The lowest BCUT2D eigenvalue weighted by atomic mass is 9.57. The van der Waals surface area contributed by atoms with Crippen LogP contribution in [0.2, 0.25) is 0 Å². The first-order chi connectivity index (χ1) is 17.8. The summed E-state index contributed by atoms with van der Waals surface area (Å²) in [6.07, 6.45) is 0.257. The molecular formula is C28H31FIN5O3. The molecule has 3 N–H and O–H groups in total. The zero-order valence-electron chi connectivity index (χ0n) is 22.0. The van der Waals surface area contributed by atoms with Gasteiger partial charge < -0.3 is 16.0 Å². The third-order valence-electron chi connectivity index (χ3n) is 7.82. The number of nitrogens with two attached hydrogens (primary N) is 1. The van der Waals surface area contributed by atoms with E-state index in [1.54, 1.807) is 50.4 Å². The molecule has 1 saturated carbocycles. The van der Waals surface area contributed by atoms with E-state index in [0.29, 0.717) is 39.1 Å². The highest BCUT2D eigenvalue weighted by Gasteiger charge is 2.70. The minimum atomic E-state index is -1.44. The zero-order chi connectivity index (χ0) is 27.7. The summed E-state index contributed by atoms with van der Waals surface area (Å²) in [5.41, 5.74) is 5.64. The molecule has 2 aromatic rings. The molecule has 4 amide bonds. The van der Waals surface area contributed by atoms with Crippen LogP contribution >= 0.6 is 22.6 Å². The topological polar surface area (TPSA) is 99.0 Å². The maximum atomic E-state index is 15.6. The van der Waals surface area contributed by atoms with Crippen LogP contribution in [0.25, 0.3) is 0 Å². The van der Waals surface area contributed by atoms with E-state index in [1.165, 1.54) is 20.8 Å². The monoisotopic (exact) mass is 631 g/mol. The molecule has 8 nitrogen and oxygen atoms in total. The average Bonchev–Trinajstić information content (AvgIpc) is 3.67. The SMILES string of the molecule is CC1=C(Nc2ccc(N)cc2)C2(C(C)(C)C)C(=O)N(C3CC3)C(=O)N(c3ccc(I)cc3F)C2N(C)C1=O. The molecule has 2 aromatic carbocycles. The Labute approximate surface area is 235 Å². The summed E-state index contributed by atoms with van der Waals surface area (Å²) >= 11 is 2.01. The summed E-state index contributed by atoms with van der Waals surface area (Å²) in [6, 6.07) is 10.7. The van der Waals surface area contributed by atoms with Gasteiger partial charge in [-0.1, -0.05) is 20.8 Å². The number of carbonyl (C=O) groups is 3. The molecule has 1 saturated heterocycles. The standard InChI is InChI=1S/C28H31FIN5O3/c1-15-22(32-18-9-7-17(31)8-10-18)28(27(2,3)4)24(33(5)23(15)36)35(21-13-6-16(30)14-20(21)29)26(38)34(25(28)37)19-11-12-19/h6-10,13-14,19,24,32H,11-12,31H2,1-5H3. The molecule has 2 aliphatic heterocycles. The highest BCUT2D eigenvalue weighted by molar-refractivity contribution is 14.1. The Bertz CT molecular complexity index is 1380. The molecule has 2 unspecified atom stereocenters. The number of halogens is 2. The third kappa shape index (κ3) is 3.78. The van der Waals surface area contributed by atoms with E-state index in [2.05, 4.69) is 5.32 Å².